The summed E-state index contributed by atoms with van der Waals surface area (Å²) in [5.41, 5.74) is 6.92. The minimum absolute atomic E-state index is 0.137. The highest BCUT2D eigenvalue weighted by molar-refractivity contribution is 7.92. The zero-order valence-electron chi connectivity index (χ0n) is 9.79. The monoisotopic (exact) mass is 263 g/mol. The Morgan fingerprint density at radius 1 is 1.17 bits per heavy atom. The number of nitrogen functional groups attached to an aromatic ring is 1. The first-order chi connectivity index (χ1) is 8.49. The molecule has 5 nitrogen and oxygen atoms in total. The molecule has 2 aromatic rings. The minimum atomic E-state index is -3.65. The van der Waals surface area contributed by atoms with Crippen LogP contribution in [0.3, 0.4) is 0 Å². The van der Waals surface area contributed by atoms with E-state index in [9.17, 15) is 8.42 Å². The van der Waals surface area contributed by atoms with E-state index in [0.29, 0.717) is 0 Å². The van der Waals surface area contributed by atoms with Gasteiger partial charge in [0.1, 0.15) is 0 Å². The number of aromatic nitrogens is 1. The van der Waals surface area contributed by atoms with Gasteiger partial charge < -0.3 is 5.73 Å². The van der Waals surface area contributed by atoms with Gasteiger partial charge in [0, 0.05) is 6.20 Å². The van der Waals surface area contributed by atoms with E-state index in [1.807, 2.05) is 6.92 Å². The van der Waals surface area contributed by atoms with Crippen molar-refractivity contribution in [2.75, 3.05) is 10.5 Å². The SMILES string of the molecule is Cc1ccc(S(=O)(=O)Nc2ncccc2N)cc1. The highest BCUT2D eigenvalue weighted by atomic mass is 32.2. The van der Waals surface area contributed by atoms with Gasteiger partial charge in [0.2, 0.25) is 0 Å². The van der Waals surface area contributed by atoms with Crippen LogP contribution >= 0.6 is 0 Å². The van der Waals surface area contributed by atoms with E-state index in [4.69, 9.17) is 5.73 Å². The molecule has 0 unspecified atom stereocenters. The normalized spacial score (nSPS) is 11.2. The first kappa shape index (κ1) is 12.4. The Balaban J connectivity index is 2.33. The van der Waals surface area contributed by atoms with Crippen molar-refractivity contribution in [3.8, 4) is 0 Å². The molecule has 0 amide bonds. The second kappa shape index (κ2) is 4.66. The molecule has 0 spiro atoms. The molecular weight excluding hydrogens is 250 g/mol. The lowest BCUT2D eigenvalue weighted by molar-refractivity contribution is 0.601. The molecule has 0 saturated carbocycles. The minimum Gasteiger partial charge on any atom is -0.396 e. The highest BCUT2D eigenvalue weighted by Crippen LogP contribution is 2.19. The van der Waals surface area contributed by atoms with E-state index in [1.165, 1.54) is 18.3 Å². The summed E-state index contributed by atoms with van der Waals surface area (Å²) >= 11 is 0. The maximum atomic E-state index is 12.1. The standard InChI is InChI=1S/C12H13N3O2S/c1-9-4-6-10(7-5-9)18(16,17)15-12-11(13)3-2-8-14-12/h2-8H,13H2,1H3,(H,14,15). The largest absolute Gasteiger partial charge is 0.396 e. The van der Waals surface area contributed by atoms with Crippen molar-refractivity contribution >= 4 is 21.5 Å². The number of nitrogens with one attached hydrogen (secondary N) is 1. The molecule has 94 valence electrons. The molecule has 18 heavy (non-hydrogen) atoms. The van der Waals surface area contributed by atoms with Crippen LogP contribution in [-0.4, -0.2) is 13.4 Å². The van der Waals surface area contributed by atoms with Crippen molar-refractivity contribution in [1.29, 1.82) is 0 Å². The van der Waals surface area contributed by atoms with Crippen LogP contribution in [0.15, 0.2) is 47.5 Å². The number of hydrogen-bond acceptors (Lipinski definition) is 4. The first-order valence-electron chi connectivity index (χ1n) is 5.29. The molecule has 0 aliphatic rings. The molecule has 0 atom stereocenters. The molecule has 0 saturated heterocycles. The smallest absolute Gasteiger partial charge is 0.263 e. The van der Waals surface area contributed by atoms with Crippen molar-refractivity contribution in [2.24, 2.45) is 0 Å². The lowest BCUT2D eigenvalue weighted by atomic mass is 10.2. The van der Waals surface area contributed by atoms with Crippen molar-refractivity contribution in [3.63, 3.8) is 0 Å². The zero-order valence-corrected chi connectivity index (χ0v) is 10.6. The molecule has 3 N–H and O–H groups in total. The maximum Gasteiger partial charge on any atom is 0.263 e. The van der Waals surface area contributed by atoms with Crippen molar-refractivity contribution in [3.05, 3.63) is 48.2 Å². The van der Waals surface area contributed by atoms with Gasteiger partial charge in [-0.2, -0.15) is 0 Å². The van der Waals surface area contributed by atoms with Gasteiger partial charge in [-0.15, -0.1) is 0 Å². The predicted octanol–water partition coefficient (Wildman–Crippen LogP) is 1.77. The average Bonchev–Trinajstić information content (AvgIpc) is 2.32. The van der Waals surface area contributed by atoms with Crippen molar-refractivity contribution < 1.29 is 8.42 Å². The van der Waals surface area contributed by atoms with E-state index in [1.54, 1.807) is 24.3 Å². The molecule has 1 aromatic carbocycles. The Labute approximate surface area is 106 Å². The van der Waals surface area contributed by atoms with Crippen LogP contribution in [0.1, 0.15) is 5.56 Å². The number of hydrogen-bond donors (Lipinski definition) is 2. The molecule has 2 rings (SSSR count). The number of anilines is 2. The Hall–Kier alpha value is -2.08. The number of rotatable bonds is 3. The van der Waals surface area contributed by atoms with E-state index in [0.717, 1.165) is 5.56 Å². The maximum absolute atomic E-state index is 12.1. The lowest BCUT2D eigenvalue weighted by Gasteiger charge is -2.09. The Bertz CT molecular complexity index is 651. The highest BCUT2D eigenvalue weighted by Gasteiger charge is 2.15. The fourth-order valence-corrected chi connectivity index (χ4v) is 2.44. The van der Waals surface area contributed by atoms with Gasteiger partial charge in [-0.25, -0.2) is 13.4 Å². The third-order valence-electron chi connectivity index (χ3n) is 2.40. The zero-order chi connectivity index (χ0) is 13.2. The number of pyridine rings is 1. The van der Waals surface area contributed by atoms with Crippen LogP contribution in [0.2, 0.25) is 0 Å². The van der Waals surface area contributed by atoms with E-state index >= 15 is 0 Å². The number of nitrogens with two attached hydrogens (primary N) is 1. The van der Waals surface area contributed by atoms with Crippen LogP contribution in [-0.2, 0) is 10.0 Å². The summed E-state index contributed by atoms with van der Waals surface area (Å²) < 4.78 is 26.5. The van der Waals surface area contributed by atoms with Crippen LogP contribution in [0.5, 0.6) is 0 Å². The molecule has 0 aliphatic carbocycles. The molecule has 6 heteroatoms. The van der Waals surface area contributed by atoms with Crippen LogP contribution in [0.4, 0.5) is 11.5 Å². The molecule has 0 radical (unpaired) electrons. The summed E-state index contributed by atoms with van der Waals surface area (Å²) in [4.78, 5) is 4.07. The van der Waals surface area contributed by atoms with Crippen LogP contribution in [0.25, 0.3) is 0 Å². The summed E-state index contributed by atoms with van der Waals surface area (Å²) in [7, 11) is -3.65. The van der Waals surface area contributed by atoms with Gasteiger partial charge in [0.25, 0.3) is 10.0 Å². The Morgan fingerprint density at radius 3 is 2.44 bits per heavy atom. The fraction of sp³-hybridized carbons (Fsp3) is 0.0833. The summed E-state index contributed by atoms with van der Waals surface area (Å²) in [6.45, 7) is 1.89. The Morgan fingerprint density at radius 2 is 1.83 bits per heavy atom. The summed E-state index contributed by atoms with van der Waals surface area (Å²) in [6.07, 6.45) is 1.48. The average molecular weight is 263 g/mol. The number of aryl methyl sites for hydroxylation is 1. The van der Waals surface area contributed by atoms with Gasteiger partial charge in [0.15, 0.2) is 5.82 Å². The van der Waals surface area contributed by atoms with Crippen LogP contribution in [0, 0.1) is 6.92 Å². The van der Waals surface area contributed by atoms with Crippen LogP contribution < -0.4 is 10.5 Å². The van der Waals surface area contributed by atoms with E-state index in [-0.39, 0.29) is 16.4 Å². The number of sulfonamides is 1. The van der Waals surface area contributed by atoms with Gasteiger partial charge in [-0.3, -0.25) is 4.72 Å². The van der Waals surface area contributed by atoms with Gasteiger partial charge in [-0.05, 0) is 31.2 Å². The lowest BCUT2D eigenvalue weighted by Crippen LogP contribution is -2.15. The second-order valence-electron chi connectivity index (χ2n) is 3.86. The molecule has 0 aliphatic heterocycles. The second-order valence-corrected chi connectivity index (χ2v) is 5.54. The number of benzene rings is 1. The summed E-state index contributed by atoms with van der Waals surface area (Å²) in [5.74, 6) is 0.137. The Kier molecular flexibility index (Phi) is 3.20. The van der Waals surface area contributed by atoms with E-state index < -0.39 is 10.0 Å². The number of nitrogens with zero attached hydrogens (tertiary/aromatic N) is 1. The summed E-state index contributed by atoms with van der Waals surface area (Å²) in [6, 6.07) is 9.76. The van der Waals surface area contributed by atoms with Gasteiger partial charge >= 0.3 is 0 Å². The summed E-state index contributed by atoms with van der Waals surface area (Å²) in [5, 5.41) is 0. The third kappa shape index (κ3) is 2.60. The molecule has 1 heterocycles. The van der Waals surface area contributed by atoms with Crippen molar-refractivity contribution in [1.82, 2.24) is 4.98 Å². The quantitative estimate of drug-likeness (QED) is 0.883. The first-order valence-corrected chi connectivity index (χ1v) is 6.77. The molecular formula is C12H13N3O2S. The topological polar surface area (TPSA) is 85.1 Å². The molecule has 0 fully saturated rings. The van der Waals surface area contributed by atoms with Gasteiger partial charge in [0.05, 0.1) is 10.6 Å². The van der Waals surface area contributed by atoms with Crippen molar-refractivity contribution in [2.45, 2.75) is 11.8 Å². The van der Waals surface area contributed by atoms with Gasteiger partial charge in [-0.1, -0.05) is 17.7 Å². The fourth-order valence-electron chi connectivity index (χ4n) is 1.41. The van der Waals surface area contributed by atoms with E-state index in [2.05, 4.69) is 9.71 Å². The predicted molar refractivity (Wildman–Crippen MR) is 70.6 cm³/mol. The molecule has 1 aromatic heterocycles. The molecule has 0 bridgehead atoms. The third-order valence-corrected chi connectivity index (χ3v) is 3.76.